The number of aryl methyl sites for hydroxylation is 2. The van der Waals surface area contributed by atoms with Gasteiger partial charge in [-0.2, -0.15) is 0 Å². The molecule has 0 unspecified atom stereocenters. The Bertz CT molecular complexity index is 1100. The summed E-state index contributed by atoms with van der Waals surface area (Å²) in [4.78, 5) is 38.1. The summed E-state index contributed by atoms with van der Waals surface area (Å²) in [6, 6.07) is 8.68. The molecular formula is C22H22N2O5S. The van der Waals surface area contributed by atoms with Crippen LogP contribution in [0.2, 0.25) is 0 Å². The van der Waals surface area contributed by atoms with E-state index in [1.807, 2.05) is 26.0 Å². The number of carbonyl (C=O) groups is 3. The van der Waals surface area contributed by atoms with E-state index in [2.05, 4.69) is 10.6 Å². The number of nitrogens with one attached hydrogen (secondary N) is 2. The molecule has 3 aromatic rings. The average molecular weight is 426 g/mol. The van der Waals surface area contributed by atoms with E-state index in [1.165, 1.54) is 12.3 Å². The van der Waals surface area contributed by atoms with Crippen LogP contribution in [-0.2, 0) is 4.74 Å². The Morgan fingerprint density at radius 2 is 1.80 bits per heavy atom. The van der Waals surface area contributed by atoms with Crippen molar-refractivity contribution >= 4 is 39.8 Å². The van der Waals surface area contributed by atoms with Gasteiger partial charge in [-0.1, -0.05) is 6.07 Å². The molecule has 0 saturated heterocycles. The Kier molecular flexibility index (Phi) is 6.37. The van der Waals surface area contributed by atoms with Crippen molar-refractivity contribution in [2.75, 3.05) is 17.2 Å². The third kappa shape index (κ3) is 4.44. The zero-order chi connectivity index (χ0) is 21.8. The average Bonchev–Trinajstić information content (AvgIpc) is 3.33. The van der Waals surface area contributed by atoms with E-state index in [0.717, 1.165) is 22.5 Å². The van der Waals surface area contributed by atoms with Crippen molar-refractivity contribution in [3.63, 3.8) is 0 Å². The Balaban J connectivity index is 1.97. The lowest BCUT2D eigenvalue weighted by Gasteiger charge is -2.10. The molecule has 8 heteroatoms. The maximum atomic E-state index is 13.1. The van der Waals surface area contributed by atoms with Gasteiger partial charge in [0, 0.05) is 5.69 Å². The summed E-state index contributed by atoms with van der Waals surface area (Å²) >= 11 is 0.995. The van der Waals surface area contributed by atoms with E-state index in [-0.39, 0.29) is 27.8 Å². The molecule has 156 valence electrons. The summed E-state index contributed by atoms with van der Waals surface area (Å²) in [6.45, 7) is 7.50. The molecule has 0 aliphatic heterocycles. The minimum absolute atomic E-state index is 0.0965. The molecule has 0 bridgehead atoms. The van der Waals surface area contributed by atoms with Crippen LogP contribution in [0.15, 0.2) is 41.0 Å². The number of rotatable bonds is 6. The number of esters is 1. The first-order valence-corrected chi connectivity index (χ1v) is 10.2. The highest BCUT2D eigenvalue weighted by Crippen LogP contribution is 2.35. The Morgan fingerprint density at radius 1 is 1.03 bits per heavy atom. The molecular weight excluding hydrogens is 404 g/mol. The van der Waals surface area contributed by atoms with Crippen LogP contribution in [0.4, 0.5) is 10.7 Å². The van der Waals surface area contributed by atoms with E-state index >= 15 is 0 Å². The Hall–Kier alpha value is -3.39. The van der Waals surface area contributed by atoms with E-state index in [9.17, 15) is 14.4 Å². The molecule has 0 radical (unpaired) electrons. The van der Waals surface area contributed by atoms with Gasteiger partial charge >= 0.3 is 5.97 Å². The van der Waals surface area contributed by atoms with Crippen LogP contribution in [0.5, 0.6) is 0 Å². The number of amides is 2. The van der Waals surface area contributed by atoms with Gasteiger partial charge < -0.3 is 19.8 Å². The molecule has 0 fully saturated rings. The first kappa shape index (κ1) is 21.3. The van der Waals surface area contributed by atoms with Crippen molar-refractivity contribution in [1.29, 1.82) is 0 Å². The van der Waals surface area contributed by atoms with Crippen LogP contribution in [0.3, 0.4) is 0 Å². The van der Waals surface area contributed by atoms with Gasteiger partial charge in [-0.05, 0) is 68.7 Å². The van der Waals surface area contributed by atoms with Gasteiger partial charge in [-0.3, -0.25) is 9.59 Å². The van der Waals surface area contributed by atoms with E-state index in [4.69, 9.17) is 9.15 Å². The fraction of sp³-hybridized carbons (Fsp3) is 0.227. The van der Waals surface area contributed by atoms with Gasteiger partial charge in [0.05, 0.1) is 18.4 Å². The highest BCUT2D eigenvalue weighted by atomic mass is 32.1. The van der Waals surface area contributed by atoms with Crippen LogP contribution in [0.25, 0.3) is 0 Å². The topological polar surface area (TPSA) is 97.6 Å². The standard InChI is InChI=1S/C22H22N2O5S/c1-5-28-22(27)18-14(4)17(20(26)23-15-9-8-12(2)13(3)11-15)21(30-18)24-19(25)16-7-6-10-29-16/h6-11H,5H2,1-4H3,(H,23,26)(H,24,25). The summed E-state index contributed by atoms with van der Waals surface area (Å²) in [5.41, 5.74) is 3.41. The second kappa shape index (κ2) is 8.96. The first-order chi connectivity index (χ1) is 14.3. The number of hydrogen-bond donors (Lipinski definition) is 2. The van der Waals surface area contributed by atoms with Crippen molar-refractivity contribution in [3.8, 4) is 0 Å². The third-order valence-corrected chi connectivity index (χ3v) is 5.76. The molecule has 30 heavy (non-hydrogen) atoms. The van der Waals surface area contributed by atoms with Crippen molar-refractivity contribution in [2.45, 2.75) is 27.7 Å². The lowest BCUT2D eigenvalue weighted by atomic mass is 10.1. The zero-order valence-electron chi connectivity index (χ0n) is 17.1. The molecule has 2 aromatic heterocycles. The fourth-order valence-corrected chi connectivity index (χ4v) is 3.94. The quantitative estimate of drug-likeness (QED) is 0.544. The molecule has 0 aliphatic carbocycles. The van der Waals surface area contributed by atoms with Crippen LogP contribution in [-0.4, -0.2) is 24.4 Å². The van der Waals surface area contributed by atoms with Crippen molar-refractivity contribution in [1.82, 2.24) is 0 Å². The molecule has 0 atom stereocenters. The summed E-state index contributed by atoms with van der Waals surface area (Å²) in [5, 5.41) is 5.76. The second-order valence-electron chi connectivity index (χ2n) is 6.67. The number of furan rings is 1. The molecule has 3 rings (SSSR count). The Morgan fingerprint density at radius 3 is 2.43 bits per heavy atom. The Labute approximate surface area is 178 Å². The van der Waals surface area contributed by atoms with Gasteiger partial charge in [0.2, 0.25) is 0 Å². The normalized spacial score (nSPS) is 10.5. The first-order valence-electron chi connectivity index (χ1n) is 9.35. The van der Waals surface area contributed by atoms with E-state index in [1.54, 1.807) is 26.0 Å². The van der Waals surface area contributed by atoms with Crippen molar-refractivity contribution in [2.24, 2.45) is 0 Å². The molecule has 0 saturated carbocycles. The molecule has 7 nitrogen and oxygen atoms in total. The number of benzene rings is 1. The van der Waals surface area contributed by atoms with Crippen molar-refractivity contribution in [3.05, 3.63) is 69.5 Å². The number of ether oxygens (including phenoxy) is 1. The van der Waals surface area contributed by atoms with Gasteiger partial charge in [-0.25, -0.2) is 4.79 Å². The predicted molar refractivity (Wildman–Crippen MR) is 116 cm³/mol. The summed E-state index contributed by atoms with van der Waals surface area (Å²) in [7, 11) is 0. The number of anilines is 2. The minimum Gasteiger partial charge on any atom is -0.462 e. The monoisotopic (exact) mass is 426 g/mol. The predicted octanol–water partition coefficient (Wildman–Crippen LogP) is 4.95. The maximum absolute atomic E-state index is 13.1. The van der Waals surface area contributed by atoms with Gasteiger partial charge in [0.25, 0.3) is 11.8 Å². The minimum atomic E-state index is -0.543. The van der Waals surface area contributed by atoms with Crippen LogP contribution in [0, 0.1) is 20.8 Å². The highest BCUT2D eigenvalue weighted by Gasteiger charge is 2.27. The van der Waals surface area contributed by atoms with Crippen LogP contribution >= 0.6 is 11.3 Å². The number of carbonyl (C=O) groups excluding carboxylic acids is 3. The van der Waals surface area contributed by atoms with Crippen LogP contribution in [0.1, 0.15) is 54.2 Å². The molecule has 1 aromatic carbocycles. The van der Waals surface area contributed by atoms with Gasteiger partial charge in [-0.15, -0.1) is 11.3 Å². The molecule has 2 N–H and O–H groups in total. The third-order valence-electron chi connectivity index (χ3n) is 4.57. The maximum Gasteiger partial charge on any atom is 0.348 e. The highest BCUT2D eigenvalue weighted by molar-refractivity contribution is 7.18. The van der Waals surface area contributed by atoms with Gasteiger partial charge in [0.15, 0.2) is 5.76 Å². The summed E-state index contributed by atoms with van der Waals surface area (Å²) < 4.78 is 10.2. The van der Waals surface area contributed by atoms with Crippen molar-refractivity contribution < 1.29 is 23.5 Å². The van der Waals surface area contributed by atoms with E-state index < -0.39 is 17.8 Å². The van der Waals surface area contributed by atoms with E-state index in [0.29, 0.717) is 11.3 Å². The molecule has 2 amide bonds. The lowest BCUT2D eigenvalue weighted by molar-refractivity contribution is 0.0531. The number of hydrogen-bond acceptors (Lipinski definition) is 6. The molecule has 0 aliphatic rings. The largest absolute Gasteiger partial charge is 0.462 e. The molecule has 2 heterocycles. The lowest BCUT2D eigenvalue weighted by Crippen LogP contribution is -2.17. The van der Waals surface area contributed by atoms with Crippen LogP contribution < -0.4 is 10.6 Å². The van der Waals surface area contributed by atoms with Gasteiger partial charge in [0.1, 0.15) is 9.88 Å². The molecule has 0 spiro atoms. The number of thiophene rings is 1. The smallest absolute Gasteiger partial charge is 0.348 e. The summed E-state index contributed by atoms with van der Waals surface area (Å²) in [6.07, 6.45) is 1.38. The summed E-state index contributed by atoms with van der Waals surface area (Å²) in [5.74, 6) is -1.40. The SMILES string of the molecule is CCOC(=O)c1sc(NC(=O)c2ccco2)c(C(=O)Nc2ccc(C)c(C)c2)c1C. The zero-order valence-corrected chi connectivity index (χ0v) is 17.9. The fourth-order valence-electron chi connectivity index (χ4n) is 2.85. The second-order valence-corrected chi connectivity index (χ2v) is 7.69.